The molecule has 4 aromatic rings. The van der Waals surface area contributed by atoms with Gasteiger partial charge in [-0.3, -0.25) is 9.69 Å². The first-order valence-electron chi connectivity index (χ1n) is 12.2. The first-order valence-corrected chi connectivity index (χ1v) is 12.2. The molecule has 1 amide bonds. The molecule has 1 atom stereocenters. The first-order chi connectivity index (χ1) is 17.8. The monoisotopic (exact) mass is 506 g/mol. The van der Waals surface area contributed by atoms with E-state index in [9.17, 15) is 13.6 Å². The summed E-state index contributed by atoms with van der Waals surface area (Å²) in [5.41, 5.74) is 2.14. The molecule has 4 heterocycles. The number of imidazole rings is 1. The molecule has 5 rings (SSSR count). The molecule has 0 aliphatic carbocycles. The van der Waals surface area contributed by atoms with E-state index in [2.05, 4.69) is 35.5 Å². The lowest BCUT2D eigenvalue weighted by Crippen LogP contribution is -2.31. The molecule has 1 saturated heterocycles. The van der Waals surface area contributed by atoms with Crippen LogP contribution < -0.4 is 10.6 Å². The van der Waals surface area contributed by atoms with Crippen LogP contribution in [0.15, 0.2) is 36.7 Å². The van der Waals surface area contributed by atoms with Crippen molar-refractivity contribution in [2.45, 2.75) is 45.8 Å². The molecule has 2 N–H and O–H groups in total. The number of carbonyl (C=O) groups is 1. The number of amides is 1. The van der Waals surface area contributed by atoms with Crippen LogP contribution in [0.1, 0.15) is 37.7 Å². The van der Waals surface area contributed by atoms with Crippen LogP contribution in [-0.2, 0) is 11.3 Å². The summed E-state index contributed by atoms with van der Waals surface area (Å²) in [5, 5.41) is 5.82. The van der Waals surface area contributed by atoms with Gasteiger partial charge in [0.2, 0.25) is 12.4 Å². The third kappa shape index (κ3) is 5.12. The number of halogens is 2. The number of likely N-dealkylation sites (tertiary alicyclic amines) is 1. The standard InChI is InChI=1S/C26H28F2N8O/c1-15(2)36-16(3)32-25-20(27)8-18(9-22(25)36)24-21(28)11-30-26(34-24)33-23-5-4-17(10-29-23)12-35-7-6-19(13-35)31-14-37/h4-5,8-11,14-15,19H,6-7,12-13H2,1-3H3,(H,31,37)(H,29,30,33,34). The van der Waals surface area contributed by atoms with Crippen molar-refractivity contribution in [2.24, 2.45) is 0 Å². The smallest absolute Gasteiger partial charge is 0.229 e. The van der Waals surface area contributed by atoms with Gasteiger partial charge in [-0.2, -0.15) is 0 Å². The highest BCUT2D eigenvalue weighted by Crippen LogP contribution is 2.30. The van der Waals surface area contributed by atoms with Crippen molar-refractivity contribution in [1.29, 1.82) is 0 Å². The van der Waals surface area contributed by atoms with Gasteiger partial charge < -0.3 is 15.2 Å². The number of nitrogens with zero attached hydrogens (tertiary/aromatic N) is 6. The average molecular weight is 507 g/mol. The summed E-state index contributed by atoms with van der Waals surface area (Å²) in [4.78, 5) is 30.0. The van der Waals surface area contributed by atoms with Gasteiger partial charge in [0.25, 0.3) is 0 Å². The second kappa shape index (κ2) is 10.2. The van der Waals surface area contributed by atoms with E-state index in [1.54, 1.807) is 18.3 Å². The normalized spacial score (nSPS) is 16.0. The molecule has 0 bridgehead atoms. The number of pyridine rings is 1. The highest BCUT2D eigenvalue weighted by Gasteiger charge is 2.22. The van der Waals surface area contributed by atoms with Gasteiger partial charge >= 0.3 is 0 Å². The van der Waals surface area contributed by atoms with Gasteiger partial charge in [-0.15, -0.1) is 0 Å². The van der Waals surface area contributed by atoms with Gasteiger partial charge in [-0.1, -0.05) is 6.07 Å². The number of hydrogen-bond acceptors (Lipinski definition) is 7. The number of aromatic nitrogens is 5. The van der Waals surface area contributed by atoms with Crippen LogP contribution >= 0.6 is 0 Å². The topological polar surface area (TPSA) is 101 Å². The molecule has 1 aromatic carbocycles. The molecule has 1 aliphatic heterocycles. The molecular weight excluding hydrogens is 478 g/mol. The lowest BCUT2D eigenvalue weighted by molar-refractivity contribution is -0.110. The van der Waals surface area contributed by atoms with E-state index in [1.165, 1.54) is 6.07 Å². The summed E-state index contributed by atoms with van der Waals surface area (Å²) >= 11 is 0. The molecule has 0 spiro atoms. The highest BCUT2D eigenvalue weighted by molar-refractivity contribution is 5.83. The summed E-state index contributed by atoms with van der Waals surface area (Å²) in [6, 6.07) is 6.93. The Morgan fingerprint density at radius 3 is 2.70 bits per heavy atom. The number of rotatable bonds is 8. The summed E-state index contributed by atoms with van der Waals surface area (Å²) in [7, 11) is 0. The maximum absolute atomic E-state index is 14.9. The average Bonchev–Trinajstić information content (AvgIpc) is 3.45. The predicted molar refractivity (Wildman–Crippen MR) is 136 cm³/mol. The number of anilines is 2. The van der Waals surface area contributed by atoms with Crippen LogP contribution in [0, 0.1) is 18.6 Å². The van der Waals surface area contributed by atoms with Gasteiger partial charge in [0, 0.05) is 43.5 Å². The Balaban J connectivity index is 1.35. The second-order valence-corrected chi connectivity index (χ2v) is 9.52. The maximum atomic E-state index is 14.9. The highest BCUT2D eigenvalue weighted by atomic mass is 19.1. The van der Waals surface area contributed by atoms with Crippen LogP contribution in [0.4, 0.5) is 20.5 Å². The summed E-state index contributed by atoms with van der Waals surface area (Å²) in [6.07, 6.45) is 4.48. The van der Waals surface area contributed by atoms with Gasteiger partial charge in [0.1, 0.15) is 22.9 Å². The molecule has 37 heavy (non-hydrogen) atoms. The third-order valence-corrected chi connectivity index (χ3v) is 6.51. The van der Waals surface area contributed by atoms with Crippen LogP contribution in [-0.4, -0.2) is 54.9 Å². The largest absolute Gasteiger partial charge is 0.355 e. The minimum Gasteiger partial charge on any atom is -0.355 e. The van der Waals surface area contributed by atoms with Crippen molar-refractivity contribution in [1.82, 2.24) is 34.7 Å². The van der Waals surface area contributed by atoms with Gasteiger partial charge in [0.05, 0.1) is 11.7 Å². The molecule has 9 nitrogen and oxygen atoms in total. The summed E-state index contributed by atoms with van der Waals surface area (Å²) < 4.78 is 31.6. The van der Waals surface area contributed by atoms with Crippen molar-refractivity contribution < 1.29 is 13.6 Å². The minimum absolute atomic E-state index is 0.0170. The quantitative estimate of drug-likeness (QED) is 0.347. The third-order valence-electron chi connectivity index (χ3n) is 6.51. The number of benzene rings is 1. The molecule has 1 fully saturated rings. The zero-order chi connectivity index (χ0) is 26.1. The van der Waals surface area contributed by atoms with Gasteiger partial charge in [-0.05, 0) is 51.0 Å². The lowest BCUT2D eigenvalue weighted by Gasteiger charge is -2.16. The Kier molecular flexibility index (Phi) is 6.79. The van der Waals surface area contributed by atoms with Crippen LogP contribution in [0.3, 0.4) is 0 Å². The number of fused-ring (bicyclic) bond motifs is 1. The van der Waals surface area contributed by atoms with E-state index in [4.69, 9.17) is 0 Å². The maximum Gasteiger partial charge on any atom is 0.229 e. The molecular formula is C26H28F2N8O. The number of aryl methyl sites for hydroxylation is 1. The van der Waals surface area contributed by atoms with E-state index < -0.39 is 11.6 Å². The zero-order valence-corrected chi connectivity index (χ0v) is 20.9. The van der Waals surface area contributed by atoms with E-state index in [0.717, 1.165) is 44.2 Å². The molecule has 11 heteroatoms. The Labute approximate surface area is 213 Å². The van der Waals surface area contributed by atoms with Crippen molar-refractivity contribution in [3.63, 3.8) is 0 Å². The Hall–Kier alpha value is -3.99. The van der Waals surface area contributed by atoms with E-state index >= 15 is 0 Å². The minimum atomic E-state index is -0.659. The molecule has 1 unspecified atom stereocenters. The summed E-state index contributed by atoms with van der Waals surface area (Å²) in [6.45, 7) is 8.21. The van der Waals surface area contributed by atoms with Gasteiger partial charge in [0.15, 0.2) is 11.6 Å². The van der Waals surface area contributed by atoms with Gasteiger partial charge in [-0.25, -0.2) is 28.7 Å². The molecule has 0 radical (unpaired) electrons. The SMILES string of the molecule is Cc1nc2c(F)cc(-c3nc(Nc4ccc(CN5CCC(NC=O)C5)cn4)ncc3F)cc2n1C(C)C. The number of hydrogen-bond donors (Lipinski definition) is 2. The van der Waals surface area contributed by atoms with Crippen LogP contribution in [0.2, 0.25) is 0 Å². The van der Waals surface area contributed by atoms with Crippen molar-refractivity contribution in [2.75, 3.05) is 18.4 Å². The van der Waals surface area contributed by atoms with E-state index in [1.807, 2.05) is 31.4 Å². The predicted octanol–water partition coefficient (Wildman–Crippen LogP) is 4.12. The van der Waals surface area contributed by atoms with Crippen molar-refractivity contribution in [3.05, 3.63) is 59.7 Å². The fourth-order valence-electron chi connectivity index (χ4n) is 4.86. The number of nitrogens with one attached hydrogen (secondary N) is 2. The van der Waals surface area contributed by atoms with E-state index in [-0.39, 0.29) is 29.2 Å². The zero-order valence-electron chi connectivity index (χ0n) is 20.9. The molecule has 3 aromatic heterocycles. The molecule has 192 valence electrons. The van der Waals surface area contributed by atoms with Crippen molar-refractivity contribution in [3.8, 4) is 11.3 Å². The van der Waals surface area contributed by atoms with Crippen molar-refractivity contribution >= 4 is 29.2 Å². The Morgan fingerprint density at radius 1 is 1.14 bits per heavy atom. The second-order valence-electron chi connectivity index (χ2n) is 9.52. The number of carbonyl (C=O) groups excluding carboxylic acids is 1. The fourth-order valence-corrected chi connectivity index (χ4v) is 4.86. The van der Waals surface area contributed by atoms with Crippen LogP contribution in [0.25, 0.3) is 22.3 Å². The Morgan fingerprint density at radius 2 is 1.97 bits per heavy atom. The molecule has 1 aliphatic rings. The Bertz CT molecular complexity index is 1440. The molecule has 0 saturated carbocycles. The van der Waals surface area contributed by atoms with E-state index in [0.29, 0.717) is 22.7 Å². The first kappa shape index (κ1) is 24.7. The lowest BCUT2D eigenvalue weighted by atomic mass is 10.1. The fraction of sp³-hybridized carbons (Fsp3) is 0.346. The van der Waals surface area contributed by atoms with Crippen LogP contribution in [0.5, 0.6) is 0 Å². The summed E-state index contributed by atoms with van der Waals surface area (Å²) in [5.74, 6) is 0.133.